The third kappa shape index (κ3) is 4.36. The first-order valence-electron chi connectivity index (χ1n) is 6.83. The van der Waals surface area contributed by atoms with Crippen LogP contribution in [0.15, 0.2) is 36.7 Å². The zero-order chi connectivity index (χ0) is 15.9. The smallest absolute Gasteiger partial charge is 0.315 e. The van der Waals surface area contributed by atoms with E-state index in [1.165, 1.54) is 0 Å². The number of aromatic nitrogens is 1. The fourth-order valence-corrected chi connectivity index (χ4v) is 2.26. The summed E-state index contributed by atoms with van der Waals surface area (Å²) < 4.78 is 5.24. The fraction of sp³-hybridized carbons (Fsp3) is 0.250. The highest BCUT2D eigenvalue weighted by Crippen LogP contribution is 2.25. The van der Waals surface area contributed by atoms with E-state index in [0.29, 0.717) is 23.9 Å². The summed E-state index contributed by atoms with van der Waals surface area (Å²) in [6.45, 7) is 2.67. The van der Waals surface area contributed by atoms with Crippen molar-refractivity contribution in [1.29, 1.82) is 0 Å². The Labute approximate surface area is 134 Å². The molecule has 0 aliphatic heterocycles. The van der Waals surface area contributed by atoms with E-state index in [1.54, 1.807) is 37.7 Å². The van der Waals surface area contributed by atoms with Gasteiger partial charge in [-0.05, 0) is 30.2 Å². The predicted octanol–water partition coefficient (Wildman–Crippen LogP) is 3.05. The molecule has 0 fully saturated rings. The van der Waals surface area contributed by atoms with Gasteiger partial charge >= 0.3 is 6.03 Å². The molecule has 22 heavy (non-hydrogen) atoms. The maximum Gasteiger partial charge on any atom is 0.315 e. The highest BCUT2D eigenvalue weighted by atomic mass is 35.5. The lowest BCUT2D eigenvalue weighted by atomic mass is 10.2. The monoisotopic (exact) mass is 319 g/mol. The number of aryl methyl sites for hydroxylation is 1. The lowest BCUT2D eigenvalue weighted by Crippen LogP contribution is -2.34. The Morgan fingerprint density at radius 1 is 1.27 bits per heavy atom. The molecule has 1 heterocycles. The molecule has 0 unspecified atom stereocenters. The van der Waals surface area contributed by atoms with Crippen LogP contribution in [0, 0.1) is 6.92 Å². The average Bonchev–Trinajstić information content (AvgIpc) is 2.51. The summed E-state index contributed by atoms with van der Waals surface area (Å²) in [5.74, 6) is 0.649. The maximum atomic E-state index is 11.9. The SMILES string of the molecule is COc1cccc(Cl)c1CNC(=O)NCc1cncc(C)c1. The lowest BCUT2D eigenvalue weighted by molar-refractivity contribution is 0.240. The van der Waals surface area contributed by atoms with Crippen LogP contribution in [0.25, 0.3) is 0 Å². The number of benzene rings is 1. The first-order valence-corrected chi connectivity index (χ1v) is 7.21. The number of nitrogens with zero attached hydrogens (tertiary/aromatic N) is 1. The number of hydrogen-bond acceptors (Lipinski definition) is 3. The molecule has 1 aromatic carbocycles. The molecular weight excluding hydrogens is 302 g/mol. The van der Waals surface area contributed by atoms with Crippen molar-refractivity contribution in [1.82, 2.24) is 15.6 Å². The van der Waals surface area contributed by atoms with E-state index < -0.39 is 0 Å². The van der Waals surface area contributed by atoms with Crippen LogP contribution in [0.1, 0.15) is 16.7 Å². The quantitative estimate of drug-likeness (QED) is 0.890. The van der Waals surface area contributed by atoms with Crippen molar-refractivity contribution in [3.63, 3.8) is 0 Å². The molecule has 2 amide bonds. The van der Waals surface area contributed by atoms with Crippen LogP contribution in [0.3, 0.4) is 0 Å². The zero-order valence-corrected chi connectivity index (χ0v) is 13.3. The Morgan fingerprint density at radius 3 is 2.77 bits per heavy atom. The number of halogens is 1. The van der Waals surface area contributed by atoms with E-state index in [9.17, 15) is 4.79 Å². The highest BCUT2D eigenvalue weighted by Gasteiger charge is 2.09. The van der Waals surface area contributed by atoms with Crippen molar-refractivity contribution in [2.24, 2.45) is 0 Å². The number of urea groups is 1. The molecule has 0 saturated carbocycles. The van der Waals surface area contributed by atoms with Crippen molar-refractivity contribution in [3.05, 3.63) is 58.4 Å². The normalized spacial score (nSPS) is 10.1. The van der Waals surface area contributed by atoms with Crippen molar-refractivity contribution >= 4 is 17.6 Å². The van der Waals surface area contributed by atoms with E-state index in [1.807, 2.05) is 13.0 Å². The van der Waals surface area contributed by atoms with Gasteiger partial charge in [0.2, 0.25) is 0 Å². The minimum absolute atomic E-state index is 0.275. The molecule has 0 aliphatic carbocycles. The first kappa shape index (κ1) is 16.1. The zero-order valence-electron chi connectivity index (χ0n) is 12.5. The molecular formula is C16H18ClN3O2. The molecule has 0 atom stereocenters. The Hall–Kier alpha value is -2.27. The summed E-state index contributed by atoms with van der Waals surface area (Å²) in [6.07, 6.45) is 3.50. The lowest BCUT2D eigenvalue weighted by Gasteiger charge is -2.12. The summed E-state index contributed by atoms with van der Waals surface area (Å²) in [7, 11) is 1.57. The molecule has 2 rings (SSSR count). The summed E-state index contributed by atoms with van der Waals surface area (Å²) in [6, 6.07) is 7.07. The highest BCUT2D eigenvalue weighted by molar-refractivity contribution is 6.31. The molecule has 0 aliphatic rings. The molecule has 2 aromatic rings. The van der Waals surface area contributed by atoms with E-state index >= 15 is 0 Å². The summed E-state index contributed by atoms with van der Waals surface area (Å²) in [5, 5.41) is 6.10. The van der Waals surface area contributed by atoms with Crippen molar-refractivity contribution in [3.8, 4) is 5.75 Å². The van der Waals surface area contributed by atoms with Gasteiger partial charge in [0.15, 0.2) is 0 Å². The predicted molar refractivity (Wildman–Crippen MR) is 86.1 cm³/mol. The van der Waals surface area contributed by atoms with Crippen LogP contribution in [0.2, 0.25) is 5.02 Å². The van der Waals surface area contributed by atoms with E-state index in [2.05, 4.69) is 15.6 Å². The number of ether oxygens (including phenoxy) is 1. The second-order valence-corrected chi connectivity index (χ2v) is 5.23. The Bertz CT molecular complexity index is 662. The van der Waals surface area contributed by atoms with E-state index in [-0.39, 0.29) is 6.03 Å². The minimum Gasteiger partial charge on any atom is -0.496 e. The number of amides is 2. The number of carbonyl (C=O) groups is 1. The summed E-state index contributed by atoms with van der Waals surface area (Å²) >= 11 is 6.12. The third-order valence-electron chi connectivity index (χ3n) is 3.11. The van der Waals surface area contributed by atoms with Crippen LogP contribution >= 0.6 is 11.6 Å². The summed E-state index contributed by atoms with van der Waals surface area (Å²) in [4.78, 5) is 15.9. The maximum absolute atomic E-state index is 11.9. The standard InChI is InChI=1S/C16H18ClN3O2/c1-11-6-12(8-18-7-11)9-19-16(21)20-10-13-14(17)4-3-5-15(13)22-2/h3-8H,9-10H2,1-2H3,(H2,19,20,21). The van der Waals surface area contributed by atoms with Gasteiger partial charge in [-0.15, -0.1) is 0 Å². The first-order chi connectivity index (χ1) is 10.6. The van der Waals surface area contributed by atoms with Gasteiger partial charge < -0.3 is 15.4 Å². The number of methoxy groups -OCH3 is 1. The topological polar surface area (TPSA) is 63.2 Å². The molecule has 0 saturated heterocycles. The molecule has 5 nitrogen and oxygen atoms in total. The molecule has 6 heteroatoms. The number of hydrogen-bond donors (Lipinski definition) is 2. The van der Waals surface area contributed by atoms with Gasteiger partial charge in [0.25, 0.3) is 0 Å². The van der Waals surface area contributed by atoms with Gasteiger partial charge in [-0.1, -0.05) is 23.7 Å². The third-order valence-corrected chi connectivity index (χ3v) is 3.46. The molecule has 0 spiro atoms. The van der Waals surface area contributed by atoms with Crippen LogP contribution in [0.5, 0.6) is 5.75 Å². The van der Waals surface area contributed by atoms with Crippen LogP contribution in [-0.2, 0) is 13.1 Å². The molecule has 2 N–H and O–H groups in total. The molecule has 0 radical (unpaired) electrons. The minimum atomic E-state index is -0.275. The van der Waals surface area contributed by atoms with Gasteiger partial charge in [-0.3, -0.25) is 4.98 Å². The molecule has 116 valence electrons. The van der Waals surface area contributed by atoms with E-state index in [0.717, 1.165) is 16.7 Å². The van der Waals surface area contributed by atoms with Crippen LogP contribution in [-0.4, -0.2) is 18.1 Å². The largest absolute Gasteiger partial charge is 0.496 e. The second-order valence-electron chi connectivity index (χ2n) is 4.83. The van der Waals surface area contributed by atoms with Crippen molar-refractivity contribution < 1.29 is 9.53 Å². The van der Waals surface area contributed by atoms with Crippen molar-refractivity contribution in [2.75, 3.05) is 7.11 Å². The van der Waals surface area contributed by atoms with Crippen LogP contribution < -0.4 is 15.4 Å². The number of carbonyl (C=O) groups excluding carboxylic acids is 1. The molecule has 1 aromatic heterocycles. The van der Waals surface area contributed by atoms with Crippen molar-refractivity contribution in [2.45, 2.75) is 20.0 Å². The van der Waals surface area contributed by atoms with E-state index in [4.69, 9.17) is 16.3 Å². The number of rotatable bonds is 5. The van der Waals surface area contributed by atoms with Gasteiger partial charge in [0, 0.05) is 36.1 Å². The Balaban J connectivity index is 1.88. The average molecular weight is 320 g/mol. The van der Waals surface area contributed by atoms with Gasteiger partial charge in [0.05, 0.1) is 7.11 Å². The van der Waals surface area contributed by atoms with Gasteiger partial charge in [-0.2, -0.15) is 0 Å². The van der Waals surface area contributed by atoms with Gasteiger partial charge in [-0.25, -0.2) is 4.79 Å². The fourth-order valence-electron chi connectivity index (χ4n) is 2.03. The molecule has 0 bridgehead atoms. The second kappa shape index (κ2) is 7.66. The number of pyridine rings is 1. The Morgan fingerprint density at radius 2 is 2.05 bits per heavy atom. The van der Waals surface area contributed by atoms with Gasteiger partial charge in [0.1, 0.15) is 5.75 Å². The number of nitrogens with one attached hydrogen (secondary N) is 2. The Kier molecular flexibility index (Phi) is 5.61. The summed E-state index contributed by atoms with van der Waals surface area (Å²) in [5.41, 5.74) is 2.75. The van der Waals surface area contributed by atoms with Crippen LogP contribution in [0.4, 0.5) is 4.79 Å².